The van der Waals surface area contributed by atoms with Crippen molar-refractivity contribution in [2.45, 2.75) is 57.6 Å². The zero-order valence-corrected chi connectivity index (χ0v) is 15.7. The highest BCUT2D eigenvalue weighted by Gasteiger charge is 2.23. The Balaban J connectivity index is 1.75. The third kappa shape index (κ3) is 4.32. The summed E-state index contributed by atoms with van der Waals surface area (Å²) < 4.78 is 1.01. The van der Waals surface area contributed by atoms with Crippen LogP contribution in [0.2, 0.25) is 0 Å². The molecule has 138 valence electrons. The first-order chi connectivity index (χ1) is 12.6. The highest BCUT2D eigenvalue weighted by atomic mass is 32.1. The fraction of sp³-hybridized carbons (Fsp3) is 0.526. The molecule has 0 spiro atoms. The van der Waals surface area contributed by atoms with Crippen LogP contribution in [0.1, 0.15) is 45.4 Å². The number of nitrogens with one attached hydrogen (secondary N) is 2. The van der Waals surface area contributed by atoms with Gasteiger partial charge in [-0.1, -0.05) is 0 Å². The lowest BCUT2D eigenvalue weighted by Gasteiger charge is -2.30. The van der Waals surface area contributed by atoms with Gasteiger partial charge in [-0.25, -0.2) is 0 Å². The second kappa shape index (κ2) is 8.47. The predicted octanol–water partition coefficient (Wildman–Crippen LogP) is 3.89. The Kier molecular flexibility index (Phi) is 6.07. The first-order valence-corrected chi connectivity index (χ1v) is 9.95. The van der Waals surface area contributed by atoms with Crippen molar-refractivity contribution in [1.82, 2.24) is 4.98 Å². The summed E-state index contributed by atoms with van der Waals surface area (Å²) in [5, 5.41) is 26.6. The zero-order valence-electron chi connectivity index (χ0n) is 14.9. The third-order valence-electron chi connectivity index (χ3n) is 4.97. The van der Waals surface area contributed by atoms with Gasteiger partial charge in [-0.3, -0.25) is 9.78 Å². The molecule has 1 aliphatic carbocycles. The summed E-state index contributed by atoms with van der Waals surface area (Å²) in [7, 11) is 0. The van der Waals surface area contributed by atoms with E-state index in [4.69, 9.17) is 5.26 Å². The Morgan fingerprint density at radius 2 is 2.23 bits per heavy atom. The highest BCUT2D eigenvalue weighted by molar-refractivity contribution is 7.17. The molecule has 0 saturated heterocycles. The smallest absolute Gasteiger partial charge is 0.253 e. The standard InChI is InChI=1S/C19H24N4O2S/c1-12(24)19(25)23-16-11-21-15-8-10-26-18(15)17(16)22-14-6-4-13(5-7-14)3-2-9-20/h8,10-14,24H,2-7H2,1H3,(H,21,22)(H,23,25)/t12-,13-,14-/m1/s1. The number of thiophene rings is 1. The second-order valence-corrected chi connectivity index (χ2v) is 7.82. The summed E-state index contributed by atoms with van der Waals surface area (Å²) >= 11 is 1.59. The summed E-state index contributed by atoms with van der Waals surface area (Å²) in [6.45, 7) is 1.45. The predicted molar refractivity (Wildman–Crippen MR) is 104 cm³/mol. The van der Waals surface area contributed by atoms with E-state index >= 15 is 0 Å². The summed E-state index contributed by atoms with van der Waals surface area (Å²) in [6, 6.07) is 4.53. The number of hydrogen-bond donors (Lipinski definition) is 3. The quantitative estimate of drug-likeness (QED) is 0.714. The zero-order chi connectivity index (χ0) is 18.5. The maximum atomic E-state index is 11.9. The summed E-state index contributed by atoms with van der Waals surface area (Å²) in [4.78, 5) is 16.3. The van der Waals surface area contributed by atoms with E-state index in [1.165, 1.54) is 6.92 Å². The molecule has 26 heavy (non-hydrogen) atoms. The number of aliphatic hydroxyl groups excluding tert-OH is 1. The van der Waals surface area contributed by atoms with E-state index in [1.54, 1.807) is 17.5 Å². The van der Waals surface area contributed by atoms with Crippen molar-refractivity contribution in [3.05, 3.63) is 17.6 Å². The van der Waals surface area contributed by atoms with Crippen molar-refractivity contribution in [2.75, 3.05) is 10.6 Å². The molecule has 0 aliphatic heterocycles. The van der Waals surface area contributed by atoms with Crippen molar-refractivity contribution < 1.29 is 9.90 Å². The summed E-state index contributed by atoms with van der Waals surface area (Å²) in [5.41, 5.74) is 2.40. The molecule has 0 aromatic carbocycles. The van der Waals surface area contributed by atoms with E-state index in [1.807, 2.05) is 11.4 Å². The number of hydrogen-bond acceptors (Lipinski definition) is 6. The van der Waals surface area contributed by atoms with Crippen LogP contribution in [0.15, 0.2) is 17.6 Å². The molecule has 2 aromatic heterocycles. The lowest BCUT2D eigenvalue weighted by atomic mass is 9.83. The van der Waals surface area contributed by atoms with Gasteiger partial charge < -0.3 is 15.7 Å². The number of anilines is 2. The average Bonchev–Trinajstić information content (AvgIpc) is 3.12. The van der Waals surface area contributed by atoms with Gasteiger partial charge in [0.1, 0.15) is 6.10 Å². The minimum Gasteiger partial charge on any atom is -0.384 e. The molecule has 3 rings (SSSR count). The molecule has 2 heterocycles. The van der Waals surface area contributed by atoms with Crippen LogP contribution in [0.5, 0.6) is 0 Å². The molecule has 3 N–H and O–H groups in total. The maximum Gasteiger partial charge on any atom is 0.253 e. The number of rotatable bonds is 6. The van der Waals surface area contributed by atoms with E-state index in [2.05, 4.69) is 21.7 Å². The van der Waals surface area contributed by atoms with E-state index in [-0.39, 0.29) is 0 Å². The minimum atomic E-state index is -1.07. The van der Waals surface area contributed by atoms with Crippen LogP contribution in [0.25, 0.3) is 10.2 Å². The molecule has 1 fully saturated rings. The molecule has 1 amide bonds. The van der Waals surface area contributed by atoms with E-state index in [0.717, 1.165) is 48.0 Å². The van der Waals surface area contributed by atoms with Gasteiger partial charge in [0, 0.05) is 12.5 Å². The van der Waals surface area contributed by atoms with Crippen LogP contribution in [0.4, 0.5) is 11.4 Å². The molecule has 0 bridgehead atoms. The highest BCUT2D eigenvalue weighted by Crippen LogP contribution is 2.37. The number of carbonyl (C=O) groups excluding carboxylic acids is 1. The van der Waals surface area contributed by atoms with Gasteiger partial charge in [-0.2, -0.15) is 5.26 Å². The minimum absolute atomic E-state index is 0.336. The summed E-state index contributed by atoms with van der Waals surface area (Å²) in [6.07, 6.45) is 6.54. The topological polar surface area (TPSA) is 98.0 Å². The number of nitriles is 1. The molecule has 1 aliphatic rings. The fourth-order valence-electron chi connectivity index (χ4n) is 3.46. The average molecular weight is 372 g/mol. The largest absolute Gasteiger partial charge is 0.384 e. The Hall–Kier alpha value is -2.17. The van der Waals surface area contributed by atoms with Crippen LogP contribution in [-0.4, -0.2) is 28.1 Å². The van der Waals surface area contributed by atoms with Crippen molar-refractivity contribution in [3.8, 4) is 6.07 Å². The Bertz CT molecular complexity index is 803. The molecule has 2 aromatic rings. The molecule has 7 heteroatoms. The van der Waals surface area contributed by atoms with Crippen LogP contribution >= 0.6 is 11.3 Å². The number of nitrogens with zero attached hydrogens (tertiary/aromatic N) is 2. The number of amides is 1. The monoisotopic (exact) mass is 372 g/mol. The molecular weight excluding hydrogens is 348 g/mol. The molecule has 1 atom stereocenters. The van der Waals surface area contributed by atoms with Crippen molar-refractivity contribution in [3.63, 3.8) is 0 Å². The summed E-state index contributed by atoms with van der Waals surface area (Å²) in [5.74, 6) is 0.201. The van der Waals surface area contributed by atoms with Gasteiger partial charge in [0.05, 0.1) is 33.9 Å². The van der Waals surface area contributed by atoms with E-state index < -0.39 is 12.0 Å². The van der Waals surface area contributed by atoms with Crippen molar-refractivity contribution in [2.24, 2.45) is 5.92 Å². The van der Waals surface area contributed by atoms with Crippen LogP contribution < -0.4 is 10.6 Å². The molecule has 1 saturated carbocycles. The fourth-order valence-corrected chi connectivity index (χ4v) is 4.32. The van der Waals surface area contributed by atoms with Gasteiger partial charge >= 0.3 is 0 Å². The van der Waals surface area contributed by atoms with Gasteiger partial charge in [0.25, 0.3) is 5.91 Å². The van der Waals surface area contributed by atoms with Crippen molar-refractivity contribution >= 4 is 38.8 Å². The lowest BCUT2D eigenvalue weighted by Crippen LogP contribution is -2.28. The van der Waals surface area contributed by atoms with Crippen LogP contribution in [0.3, 0.4) is 0 Å². The Morgan fingerprint density at radius 3 is 2.92 bits per heavy atom. The second-order valence-electron chi connectivity index (χ2n) is 6.91. The normalized spacial score (nSPS) is 21.1. The number of aliphatic hydroxyl groups is 1. The molecule has 6 nitrogen and oxygen atoms in total. The first kappa shape index (κ1) is 18.6. The van der Waals surface area contributed by atoms with Crippen molar-refractivity contribution in [1.29, 1.82) is 5.26 Å². The number of fused-ring (bicyclic) bond motifs is 1. The van der Waals surface area contributed by atoms with Gasteiger partial charge in [0.15, 0.2) is 0 Å². The van der Waals surface area contributed by atoms with E-state index in [9.17, 15) is 9.90 Å². The number of pyridine rings is 1. The van der Waals surface area contributed by atoms with E-state index in [0.29, 0.717) is 24.1 Å². The third-order valence-corrected chi connectivity index (χ3v) is 5.89. The van der Waals surface area contributed by atoms with Gasteiger partial charge in [-0.05, 0) is 56.4 Å². The van der Waals surface area contributed by atoms with Crippen LogP contribution in [-0.2, 0) is 4.79 Å². The lowest BCUT2D eigenvalue weighted by molar-refractivity contribution is -0.123. The molecular formula is C19H24N4O2S. The SMILES string of the molecule is C[C@@H](O)C(=O)Nc1cnc2ccsc2c1N[C@H]1CC[C@H](CCC#N)CC1. The number of carbonyl (C=O) groups is 1. The Morgan fingerprint density at radius 1 is 1.46 bits per heavy atom. The van der Waals surface area contributed by atoms with Gasteiger partial charge in [-0.15, -0.1) is 11.3 Å². The number of aromatic nitrogens is 1. The molecule has 0 unspecified atom stereocenters. The first-order valence-electron chi connectivity index (χ1n) is 9.07. The van der Waals surface area contributed by atoms with Crippen LogP contribution in [0, 0.1) is 17.2 Å². The molecule has 0 radical (unpaired) electrons. The maximum absolute atomic E-state index is 11.9. The van der Waals surface area contributed by atoms with Gasteiger partial charge in [0.2, 0.25) is 0 Å². The Labute approximate surface area is 157 Å².